The van der Waals surface area contributed by atoms with E-state index in [1.165, 1.54) is 0 Å². The van der Waals surface area contributed by atoms with Crippen LogP contribution in [0.2, 0.25) is 0 Å². The standard InChI is InChI=1S/C60H42N6/c1-7-19-44(20-8-1)58-59(45-21-9-2-10-22-45)63-42-46(41-61-60(63)62-58)43-31-33-51(34-32-43)66-56-37-35-52(64(47-23-11-3-12-24-47)48-25-13-4-14-26-48)39-54(56)55-40-53(36-38-57(55)66)65(49-27-15-5-16-28-49)50-29-17-6-18-30-50/h1-42H. The van der Waals surface area contributed by atoms with E-state index in [2.05, 4.69) is 255 Å². The fourth-order valence-electron chi connectivity index (χ4n) is 9.31. The molecule has 9 aromatic carbocycles. The molecule has 0 bridgehead atoms. The Morgan fingerprint density at radius 1 is 0.348 bits per heavy atom. The highest BCUT2D eigenvalue weighted by molar-refractivity contribution is 6.12. The average molecular weight is 847 g/mol. The fourth-order valence-corrected chi connectivity index (χ4v) is 9.31. The molecule has 12 rings (SSSR count). The van der Waals surface area contributed by atoms with Gasteiger partial charge in [0.2, 0.25) is 5.78 Å². The molecule has 0 fully saturated rings. The number of anilines is 6. The molecule has 0 amide bonds. The highest BCUT2D eigenvalue weighted by Gasteiger charge is 2.21. The molecule has 3 heterocycles. The maximum Gasteiger partial charge on any atom is 0.234 e. The van der Waals surface area contributed by atoms with E-state index in [-0.39, 0.29) is 0 Å². The van der Waals surface area contributed by atoms with Crippen molar-refractivity contribution < 1.29 is 0 Å². The Morgan fingerprint density at radius 3 is 1.23 bits per heavy atom. The summed E-state index contributed by atoms with van der Waals surface area (Å²) in [6.07, 6.45) is 4.10. The average Bonchev–Trinajstić information content (AvgIpc) is 3.94. The molecule has 66 heavy (non-hydrogen) atoms. The van der Waals surface area contributed by atoms with Crippen LogP contribution in [0.1, 0.15) is 0 Å². The van der Waals surface area contributed by atoms with Crippen molar-refractivity contribution in [3.63, 3.8) is 0 Å². The number of imidazole rings is 1. The largest absolute Gasteiger partial charge is 0.310 e. The van der Waals surface area contributed by atoms with Gasteiger partial charge in [-0.15, -0.1) is 0 Å². The first-order valence-electron chi connectivity index (χ1n) is 22.2. The summed E-state index contributed by atoms with van der Waals surface area (Å²) >= 11 is 0. The molecule has 0 saturated heterocycles. The predicted octanol–water partition coefficient (Wildman–Crippen LogP) is 15.8. The Kier molecular flexibility index (Phi) is 9.73. The Bertz CT molecular complexity index is 3390. The number of para-hydroxylation sites is 4. The van der Waals surface area contributed by atoms with Crippen LogP contribution in [-0.4, -0.2) is 18.9 Å². The van der Waals surface area contributed by atoms with Crippen molar-refractivity contribution in [2.24, 2.45) is 0 Å². The van der Waals surface area contributed by atoms with Gasteiger partial charge in [-0.3, -0.25) is 4.40 Å². The van der Waals surface area contributed by atoms with Crippen molar-refractivity contribution in [2.45, 2.75) is 0 Å². The highest BCUT2D eigenvalue weighted by atomic mass is 15.2. The molecule has 0 aliphatic rings. The lowest BCUT2D eigenvalue weighted by atomic mass is 10.0. The van der Waals surface area contributed by atoms with Gasteiger partial charge in [0, 0.05) is 79.7 Å². The lowest BCUT2D eigenvalue weighted by Crippen LogP contribution is -2.09. The Morgan fingerprint density at radius 2 is 0.773 bits per heavy atom. The molecule has 0 saturated carbocycles. The summed E-state index contributed by atoms with van der Waals surface area (Å²) in [5.74, 6) is 0.660. The number of nitrogens with zero attached hydrogens (tertiary/aromatic N) is 6. The van der Waals surface area contributed by atoms with Gasteiger partial charge >= 0.3 is 0 Å². The van der Waals surface area contributed by atoms with E-state index in [0.717, 1.165) is 95.3 Å². The van der Waals surface area contributed by atoms with Crippen molar-refractivity contribution in [1.29, 1.82) is 0 Å². The van der Waals surface area contributed by atoms with Crippen LogP contribution < -0.4 is 9.80 Å². The normalized spacial score (nSPS) is 11.3. The minimum Gasteiger partial charge on any atom is -0.310 e. The molecule has 0 aliphatic carbocycles. The number of aromatic nitrogens is 4. The van der Waals surface area contributed by atoms with Crippen LogP contribution in [0.4, 0.5) is 34.1 Å². The molecule has 0 N–H and O–H groups in total. The number of benzene rings is 9. The van der Waals surface area contributed by atoms with Gasteiger partial charge in [0.25, 0.3) is 0 Å². The van der Waals surface area contributed by atoms with Gasteiger partial charge in [0.15, 0.2) is 0 Å². The minimum absolute atomic E-state index is 0.660. The molecule has 0 aliphatic heterocycles. The fraction of sp³-hybridized carbons (Fsp3) is 0. The van der Waals surface area contributed by atoms with Crippen molar-refractivity contribution >= 4 is 61.7 Å². The topological polar surface area (TPSA) is 41.6 Å². The first-order chi connectivity index (χ1) is 32.7. The first-order valence-corrected chi connectivity index (χ1v) is 22.2. The molecule has 312 valence electrons. The van der Waals surface area contributed by atoms with Crippen LogP contribution in [0.15, 0.2) is 255 Å². The molecule has 0 spiro atoms. The molecule has 12 aromatic rings. The smallest absolute Gasteiger partial charge is 0.234 e. The zero-order valence-corrected chi connectivity index (χ0v) is 35.9. The van der Waals surface area contributed by atoms with Crippen LogP contribution in [0.3, 0.4) is 0 Å². The third-order valence-electron chi connectivity index (χ3n) is 12.3. The van der Waals surface area contributed by atoms with Crippen molar-refractivity contribution in [1.82, 2.24) is 18.9 Å². The summed E-state index contributed by atoms with van der Waals surface area (Å²) in [7, 11) is 0. The summed E-state index contributed by atoms with van der Waals surface area (Å²) in [5, 5.41) is 2.31. The molecule has 0 radical (unpaired) electrons. The van der Waals surface area contributed by atoms with Crippen LogP contribution >= 0.6 is 0 Å². The van der Waals surface area contributed by atoms with E-state index in [1.807, 2.05) is 18.3 Å². The number of hydrogen-bond acceptors (Lipinski definition) is 4. The van der Waals surface area contributed by atoms with Crippen LogP contribution in [0, 0.1) is 0 Å². The van der Waals surface area contributed by atoms with Crippen molar-refractivity contribution in [3.05, 3.63) is 255 Å². The van der Waals surface area contributed by atoms with Gasteiger partial charge < -0.3 is 14.4 Å². The summed E-state index contributed by atoms with van der Waals surface area (Å²) in [6.45, 7) is 0. The van der Waals surface area contributed by atoms with E-state index in [1.54, 1.807) is 0 Å². The van der Waals surface area contributed by atoms with E-state index in [0.29, 0.717) is 5.78 Å². The Balaban J connectivity index is 1.02. The number of rotatable bonds is 10. The summed E-state index contributed by atoms with van der Waals surface area (Å²) in [5.41, 5.74) is 16.0. The molecule has 6 nitrogen and oxygen atoms in total. The number of hydrogen-bond donors (Lipinski definition) is 0. The second kappa shape index (κ2) is 16.6. The van der Waals surface area contributed by atoms with Crippen molar-refractivity contribution in [2.75, 3.05) is 9.80 Å². The second-order valence-electron chi connectivity index (χ2n) is 16.4. The monoisotopic (exact) mass is 846 g/mol. The number of fused-ring (bicyclic) bond motifs is 4. The third-order valence-corrected chi connectivity index (χ3v) is 12.3. The molecule has 6 heteroatoms. The van der Waals surface area contributed by atoms with Gasteiger partial charge in [-0.1, -0.05) is 146 Å². The van der Waals surface area contributed by atoms with E-state index < -0.39 is 0 Å². The quantitative estimate of drug-likeness (QED) is 0.137. The highest BCUT2D eigenvalue weighted by Crippen LogP contribution is 2.43. The summed E-state index contributed by atoms with van der Waals surface area (Å²) in [4.78, 5) is 14.6. The van der Waals surface area contributed by atoms with E-state index >= 15 is 0 Å². The Hall–Kier alpha value is -9.00. The SMILES string of the molecule is c1ccc(-c2nc3ncc(-c4ccc(-n5c6ccc(N(c7ccccc7)c7ccccc7)cc6c6cc(N(c7ccccc7)c7ccccc7)ccc65)cc4)cn3c2-c2ccccc2)cc1. The molecular formula is C60H42N6. The maximum atomic E-state index is 5.04. The molecule has 3 aromatic heterocycles. The maximum absolute atomic E-state index is 5.04. The molecule has 0 atom stereocenters. The van der Waals surface area contributed by atoms with E-state index in [4.69, 9.17) is 9.97 Å². The van der Waals surface area contributed by atoms with Gasteiger partial charge in [0.05, 0.1) is 22.4 Å². The van der Waals surface area contributed by atoms with Crippen LogP contribution in [0.25, 0.3) is 66.9 Å². The summed E-state index contributed by atoms with van der Waals surface area (Å²) in [6, 6.07) is 85.8. The van der Waals surface area contributed by atoms with Gasteiger partial charge in [0.1, 0.15) is 0 Å². The zero-order valence-electron chi connectivity index (χ0n) is 35.9. The van der Waals surface area contributed by atoms with E-state index in [9.17, 15) is 0 Å². The third kappa shape index (κ3) is 6.94. The zero-order chi connectivity index (χ0) is 43.8. The lowest BCUT2D eigenvalue weighted by molar-refractivity contribution is 1.11. The molecule has 0 unspecified atom stereocenters. The molecular weight excluding hydrogens is 805 g/mol. The Labute approximate surface area is 383 Å². The first kappa shape index (κ1) is 38.7. The lowest BCUT2D eigenvalue weighted by Gasteiger charge is -2.26. The second-order valence-corrected chi connectivity index (χ2v) is 16.4. The van der Waals surface area contributed by atoms with Crippen LogP contribution in [0.5, 0.6) is 0 Å². The van der Waals surface area contributed by atoms with Crippen molar-refractivity contribution in [3.8, 4) is 39.3 Å². The van der Waals surface area contributed by atoms with Gasteiger partial charge in [-0.2, -0.15) is 0 Å². The predicted molar refractivity (Wildman–Crippen MR) is 273 cm³/mol. The minimum atomic E-state index is 0.660. The van der Waals surface area contributed by atoms with Crippen LogP contribution in [-0.2, 0) is 0 Å². The van der Waals surface area contributed by atoms with Gasteiger partial charge in [-0.25, -0.2) is 9.97 Å². The van der Waals surface area contributed by atoms with Gasteiger partial charge in [-0.05, 0) is 103 Å². The summed E-state index contributed by atoms with van der Waals surface area (Å²) < 4.78 is 4.52.